The number of benzene rings is 1. The minimum atomic E-state index is -0.451. The summed E-state index contributed by atoms with van der Waals surface area (Å²) >= 11 is 0. The van der Waals surface area contributed by atoms with Crippen molar-refractivity contribution < 1.29 is 14.3 Å². The molecule has 0 fully saturated rings. The smallest absolute Gasteiger partial charge is 0.315 e. The van der Waals surface area contributed by atoms with Gasteiger partial charge in [0.15, 0.2) is 0 Å². The van der Waals surface area contributed by atoms with E-state index in [0.29, 0.717) is 6.54 Å². The van der Waals surface area contributed by atoms with Crippen LogP contribution >= 0.6 is 0 Å². The maximum Gasteiger partial charge on any atom is 0.315 e. The van der Waals surface area contributed by atoms with Gasteiger partial charge in [-0.25, -0.2) is 9.18 Å². The molecule has 0 saturated carbocycles. The molecule has 1 aromatic carbocycles. The fourth-order valence-electron chi connectivity index (χ4n) is 2.20. The number of aryl methyl sites for hydroxylation is 1. The first-order valence-corrected chi connectivity index (χ1v) is 7.39. The molecule has 2 rings (SSSR count). The lowest BCUT2D eigenvalue weighted by molar-refractivity contribution is 0.240. The van der Waals surface area contributed by atoms with Gasteiger partial charge in [-0.05, 0) is 48.2 Å². The van der Waals surface area contributed by atoms with E-state index in [9.17, 15) is 9.18 Å². The Bertz CT molecular complexity index is 677. The summed E-state index contributed by atoms with van der Waals surface area (Å²) in [5.74, 6) is -0.451. The first-order chi connectivity index (χ1) is 11.1. The highest BCUT2D eigenvalue weighted by Gasteiger charge is 2.05. The summed E-state index contributed by atoms with van der Waals surface area (Å²) in [7, 11) is 0. The first-order valence-electron chi connectivity index (χ1n) is 7.39. The highest BCUT2D eigenvalue weighted by molar-refractivity contribution is 5.73. The zero-order valence-electron chi connectivity index (χ0n) is 13.0. The van der Waals surface area contributed by atoms with E-state index in [0.717, 1.165) is 23.1 Å². The number of halogens is 1. The molecule has 0 unspecified atom stereocenters. The van der Waals surface area contributed by atoms with Crippen molar-refractivity contribution in [3.63, 3.8) is 0 Å². The van der Waals surface area contributed by atoms with Crippen LogP contribution in [0.5, 0.6) is 0 Å². The van der Waals surface area contributed by atoms with Crippen LogP contribution in [0.4, 0.5) is 9.18 Å². The molecule has 0 bridgehead atoms. The summed E-state index contributed by atoms with van der Waals surface area (Å²) in [6, 6.07) is 6.05. The van der Waals surface area contributed by atoms with Crippen LogP contribution in [0.3, 0.4) is 0 Å². The van der Waals surface area contributed by atoms with Crippen LogP contribution in [0.25, 0.3) is 0 Å². The molecule has 1 heterocycles. The summed E-state index contributed by atoms with van der Waals surface area (Å²) < 4.78 is 13.3. The number of nitrogens with zero attached hydrogens (tertiary/aromatic N) is 1. The van der Waals surface area contributed by atoms with Gasteiger partial charge in [0.1, 0.15) is 5.82 Å². The molecule has 5 nitrogen and oxygen atoms in total. The van der Waals surface area contributed by atoms with Gasteiger partial charge in [0, 0.05) is 31.0 Å². The predicted molar refractivity (Wildman–Crippen MR) is 85.2 cm³/mol. The highest BCUT2D eigenvalue weighted by atomic mass is 19.1. The van der Waals surface area contributed by atoms with Crippen molar-refractivity contribution in [2.75, 3.05) is 6.54 Å². The third-order valence-corrected chi connectivity index (χ3v) is 3.55. The molecule has 3 N–H and O–H groups in total. The van der Waals surface area contributed by atoms with Gasteiger partial charge < -0.3 is 15.7 Å². The molecular weight excluding hydrogens is 297 g/mol. The van der Waals surface area contributed by atoms with Gasteiger partial charge in [-0.3, -0.25) is 4.98 Å². The number of hydrogen-bond donors (Lipinski definition) is 3. The lowest BCUT2D eigenvalue weighted by Gasteiger charge is -2.09. The Morgan fingerprint density at radius 2 is 2.09 bits per heavy atom. The highest BCUT2D eigenvalue weighted by Crippen LogP contribution is 2.10. The first kappa shape index (κ1) is 16.9. The number of amides is 2. The maximum absolute atomic E-state index is 13.3. The van der Waals surface area contributed by atoms with E-state index in [1.807, 2.05) is 13.0 Å². The summed E-state index contributed by atoms with van der Waals surface area (Å²) in [6.45, 7) is 2.40. The molecule has 0 atom stereocenters. The Kier molecular flexibility index (Phi) is 6.05. The fraction of sp³-hybridized carbons (Fsp3) is 0.294. The normalized spacial score (nSPS) is 10.4. The molecule has 6 heteroatoms. The van der Waals surface area contributed by atoms with Crippen LogP contribution in [-0.2, 0) is 19.6 Å². The number of urea groups is 1. The van der Waals surface area contributed by atoms with E-state index in [2.05, 4.69) is 15.6 Å². The Labute approximate surface area is 134 Å². The number of carbonyl (C=O) groups is 1. The van der Waals surface area contributed by atoms with E-state index in [4.69, 9.17) is 5.11 Å². The minimum absolute atomic E-state index is 0.220. The zero-order valence-corrected chi connectivity index (χ0v) is 13.0. The van der Waals surface area contributed by atoms with Gasteiger partial charge in [-0.15, -0.1) is 0 Å². The molecule has 0 radical (unpaired) electrons. The van der Waals surface area contributed by atoms with Crippen molar-refractivity contribution in [3.8, 4) is 0 Å². The van der Waals surface area contributed by atoms with Crippen LogP contribution < -0.4 is 10.6 Å². The number of rotatable bonds is 6. The van der Waals surface area contributed by atoms with E-state index in [-0.39, 0.29) is 24.7 Å². The second-order valence-corrected chi connectivity index (χ2v) is 5.25. The average Bonchev–Trinajstić information content (AvgIpc) is 2.56. The Morgan fingerprint density at radius 3 is 2.83 bits per heavy atom. The molecule has 1 aromatic heterocycles. The standard InChI is InChI=1S/C17H20FN3O2/c1-12-9-19-6-4-14(12)5-7-20-17(23)21-10-13-2-3-16(18)15(8-13)11-22/h2-4,6,8-9,22H,5,7,10-11H2,1H3,(H2,20,21,23). The van der Waals surface area contributed by atoms with Gasteiger partial charge in [0.25, 0.3) is 0 Å². The molecule has 2 amide bonds. The quantitative estimate of drug-likeness (QED) is 0.763. The molecule has 0 spiro atoms. The van der Waals surface area contributed by atoms with Gasteiger partial charge >= 0.3 is 6.03 Å². The molecule has 0 saturated heterocycles. The van der Waals surface area contributed by atoms with Gasteiger partial charge in [-0.1, -0.05) is 6.07 Å². The summed E-state index contributed by atoms with van der Waals surface area (Å²) in [6.07, 6.45) is 4.26. The lowest BCUT2D eigenvalue weighted by Crippen LogP contribution is -2.36. The Morgan fingerprint density at radius 1 is 1.26 bits per heavy atom. The van der Waals surface area contributed by atoms with Gasteiger partial charge in [0.05, 0.1) is 6.61 Å². The monoisotopic (exact) mass is 317 g/mol. The number of hydrogen-bond acceptors (Lipinski definition) is 3. The maximum atomic E-state index is 13.3. The topological polar surface area (TPSA) is 74.2 Å². The number of aromatic nitrogens is 1. The number of aliphatic hydroxyl groups is 1. The summed E-state index contributed by atoms with van der Waals surface area (Å²) in [5, 5.41) is 14.5. The van der Waals surface area contributed by atoms with E-state index in [1.165, 1.54) is 12.1 Å². The summed E-state index contributed by atoms with van der Waals surface area (Å²) in [4.78, 5) is 15.8. The van der Waals surface area contributed by atoms with Crippen LogP contribution in [0.2, 0.25) is 0 Å². The van der Waals surface area contributed by atoms with Crippen LogP contribution in [0.15, 0.2) is 36.7 Å². The number of pyridine rings is 1. The third kappa shape index (κ3) is 5.03. The third-order valence-electron chi connectivity index (χ3n) is 3.55. The lowest BCUT2D eigenvalue weighted by atomic mass is 10.1. The van der Waals surface area contributed by atoms with Crippen molar-refractivity contribution in [2.24, 2.45) is 0 Å². The number of nitrogens with one attached hydrogen (secondary N) is 2. The molecule has 2 aromatic rings. The van der Waals surface area contributed by atoms with E-state index < -0.39 is 5.82 Å². The average molecular weight is 317 g/mol. The second-order valence-electron chi connectivity index (χ2n) is 5.25. The molecule has 0 aliphatic carbocycles. The number of carbonyl (C=O) groups excluding carboxylic acids is 1. The zero-order chi connectivity index (χ0) is 16.7. The molecular formula is C17H20FN3O2. The van der Waals surface area contributed by atoms with Gasteiger partial charge in [-0.2, -0.15) is 0 Å². The second kappa shape index (κ2) is 8.24. The summed E-state index contributed by atoms with van der Waals surface area (Å²) in [5.41, 5.74) is 3.19. The van der Waals surface area contributed by atoms with Crippen molar-refractivity contribution in [1.82, 2.24) is 15.6 Å². The predicted octanol–water partition coefficient (Wildman–Crippen LogP) is 2.06. The van der Waals surface area contributed by atoms with Crippen molar-refractivity contribution >= 4 is 6.03 Å². The molecule has 0 aliphatic heterocycles. The largest absolute Gasteiger partial charge is 0.392 e. The molecule has 23 heavy (non-hydrogen) atoms. The van der Waals surface area contributed by atoms with Crippen molar-refractivity contribution in [1.29, 1.82) is 0 Å². The molecule has 122 valence electrons. The van der Waals surface area contributed by atoms with Crippen molar-refractivity contribution in [3.05, 3.63) is 64.7 Å². The van der Waals surface area contributed by atoms with Crippen LogP contribution in [0, 0.1) is 12.7 Å². The Balaban J connectivity index is 1.76. The SMILES string of the molecule is Cc1cnccc1CCNC(=O)NCc1ccc(F)c(CO)c1. The van der Waals surface area contributed by atoms with E-state index in [1.54, 1.807) is 18.5 Å². The van der Waals surface area contributed by atoms with Gasteiger partial charge in [0.2, 0.25) is 0 Å². The minimum Gasteiger partial charge on any atom is -0.392 e. The van der Waals surface area contributed by atoms with Crippen LogP contribution in [-0.4, -0.2) is 22.7 Å². The van der Waals surface area contributed by atoms with Crippen molar-refractivity contribution in [2.45, 2.75) is 26.5 Å². The Hall–Kier alpha value is -2.47. The fourth-order valence-corrected chi connectivity index (χ4v) is 2.20. The molecule has 0 aliphatic rings. The van der Waals surface area contributed by atoms with Crippen LogP contribution in [0.1, 0.15) is 22.3 Å². The number of aliphatic hydroxyl groups excluding tert-OH is 1. The van der Waals surface area contributed by atoms with E-state index >= 15 is 0 Å².